The Morgan fingerprint density at radius 3 is 2.42 bits per heavy atom. The minimum absolute atomic E-state index is 0. The van der Waals surface area contributed by atoms with Gasteiger partial charge in [-0.1, -0.05) is 12.1 Å². The van der Waals surface area contributed by atoms with E-state index in [1.807, 2.05) is 24.7 Å². The summed E-state index contributed by atoms with van der Waals surface area (Å²) in [7, 11) is 3.67. The molecule has 0 bridgehead atoms. The first-order valence-electron chi connectivity index (χ1n) is 7.61. The molecule has 0 fully saturated rings. The van der Waals surface area contributed by atoms with Crippen LogP contribution in [0.4, 0.5) is 4.39 Å². The summed E-state index contributed by atoms with van der Waals surface area (Å²) < 4.78 is 15.2. The second-order valence-electron chi connectivity index (χ2n) is 5.64. The fourth-order valence-corrected chi connectivity index (χ4v) is 2.47. The van der Waals surface area contributed by atoms with Crippen molar-refractivity contribution in [3.63, 3.8) is 0 Å². The summed E-state index contributed by atoms with van der Waals surface area (Å²) in [4.78, 5) is 4.22. The highest BCUT2D eigenvalue weighted by molar-refractivity contribution is 14.0. The third-order valence-electron chi connectivity index (χ3n) is 4.00. The molecular weight excluding hydrogens is 420 g/mol. The number of nitrogens with one attached hydrogen (secondary N) is 2. The third-order valence-corrected chi connectivity index (χ3v) is 4.00. The van der Waals surface area contributed by atoms with Crippen molar-refractivity contribution in [2.24, 2.45) is 12.0 Å². The van der Waals surface area contributed by atoms with Crippen molar-refractivity contribution in [1.29, 1.82) is 0 Å². The number of aliphatic imine (C=N–C) groups is 1. The minimum Gasteiger partial charge on any atom is -0.352 e. The van der Waals surface area contributed by atoms with Gasteiger partial charge < -0.3 is 10.6 Å². The summed E-state index contributed by atoms with van der Waals surface area (Å²) in [5, 5.41) is 10.9. The molecular formula is C17H25FIN5. The lowest BCUT2D eigenvalue weighted by Gasteiger charge is -2.12. The van der Waals surface area contributed by atoms with Crippen molar-refractivity contribution in [3.05, 3.63) is 52.1 Å². The Bertz CT molecular complexity index is 724. The van der Waals surface area contributed by atoms with Crippen LogP contribution in [0.5, 0.6) is 0 Å². The average Bonchev–Trinajstić information content (AvgIpc) is 2.76. The SMILES string of the molecule is CN=C(NCc1ccc(F)c(C)c1)NCc1c(C)nn(C)c1C.I. The molecule has 0 saturated heterocycles. The number of halogens is 2. The molecule has 24 heavy (non-hydrogen) atoms. The molecule has 1 heterocycles. The first-order valence-corrected chi connectivity index (χ1v) is 7.61. The molecule has 0 aliphatic rings. The van der Waals surface area contributed by atoms with Crippen LogP contribution in [-0.4, -0.2) is 22.8 Å². The Morgan fingerprint density at radius 2 is 1.88 bits per heavy atom. The van der Waals surface area contributed by atoms with Crippen LogP contribution in [0.3, 0.4) is 0 Å². The molecule has 0 saturated carbocycles. The van der Waals surface area contributed by atoms with Gasteiger partial charge in [-0.3, -0.25) is 9.67 Å². The molecule has 0 amide bonds. The molecule has 132 valence electrons. The van der Waals surface area contributed by atoms with E-state index >= 15 is 0 Å². The number of hydrogen-bond donors (Lipinski definition) is 2. The van der Waals surface area contributed by atoms with E-state index in [-0.39, 0.29) is 29.8 Å². The molecule has 7 heteroatoms. The molecule has 2 aromatic rings. The molecule has 0 unspecified atom stereocenters. The molecule has 2 N–H and O–H groups in total. The molecule has 0 aliphatic heterocycles. The lowest BCUT2D eigenvalue weighted by Crippen LogP contribution is -2.36. The van der Waals surface area contributed by atoms with Crippen LogP contribution in [0.1, 0.15) is 28.1 Å². The smallest absolute Gasteiger partial charge is 0.191 e. The maximum Gasteiger partial charge on any atom is 0.191 e. The zero-order valence-corrected chi connectivity index (χ0v) is 17.1. The maximum absolute atomic E-state index is 13.3. The highest BCUT2D eigenvalue weighted by Gasteiger charge is 2.09. The van der Waals surface area contributed by atoms with Gasteiger partial charge in [0.15, 0.2) is 5.96 Å². The summed E-state index contributed by atoms with van der Waals surface area (Å²) in [6, 6.07) is 5.11. The van der Waals surface area contributed by atoms with Crippen molar-refractivity contribution >= 4 is 29.9 Å². The van der Waals surface area contributed by atoms with Gasteiger partial charge in [0.25, 0.3) is 0 Å². The van der Waals surface area contributed by atoms with Gasteiger partial charge >= 0.3 is 0 Å². The van der Waals surface area contributed by atoms with Crippen LogP contribution < -0.4 is 10.6 Å². The van der Waals surface area contributed by atoms with E-state index < -0.39 is 0 Å². The van der Waals surface area contributed by atoms with E-state index in [4.69, 9.17) is 0 Å². The number of aromatic nitrogens is 2. The van der Waals surface area contributed by atoms with E-state index in [1.54, 1.807) is 20.0 Å². The quantitative estimate of drug-likeness (QED) is 0.433. The second-order valence-corrected chi connectivity index (χ2v) is 5.64. The van der Waals surface area contributed by atoms with Gasteiger partial charge in [0.1, 0.15) is 5.82 Å². The number of nitrogens with zero attached hydrogens (tertiary/aromatic N) is 3. The zero-order valence-electron chi connectivity index (χ0n) is 14.8. The van der Waals surface area contributed by atoms with Crippen molar-refractivity contribution in [1.82, 2.24) is 20.4 Å². The Morgan fingerprint density at radius 1 is 1.21 bits per heavy atom. The Labute approximate surface area is 159 Å². The summed E-state index contributed by atoms with van der Waals surface area (Å²) in [5.74, 6) is 0.522. The third kappa shape index (κ3) is 4.93. The van der Waals surface area contributed by atoms with Crippen molar-refractivity contribution < 1.29 is 4.39 Å². The maximum atomic E-state index is 13.3. The molecule has 5 nitrogen and oxygen atoms in total. The highest BCUT2D eigenvalue weighted by Crippen LogP contribution is 2.11. The Balaban J connectivity index is 0.00000288. The van der Waals surface area contributed by atoms with Crippen molar-refractivity contribution in [3.8, 4) is 0 Å². The van der Waals surface area contributed by atoms with Gasteiger partial charge in [-0.15, -0.1) is 24.0 Å². The largest absolute Gasteiger partial charge is 0.352 e. The Hall–Kier alpha value is -1.64. The van der Waals surface area contributed by atoms with Crippen LogP contribution >= 0.6 is 24.0 Å². The molecule has 0 spiro atoms. The normalized spacial score (nSPS) is 11.2. The molecule has 0 aliphatic carbocycles. The summed E-state index contributed by atoms with van der Waals surface area (Å²) >= 11 is 0. The zero-order chi connectivity index (χ0) is 17.0. The summed E-state index contributed by atoms with van der Waals surface area (Å²) in [6.07, 6.45) is 0. The molecule has 1 aromatic heterocycles. The average molecular weight is 445 g/mol. The predicted molar refractivity (Wildman–Crippen MR) is 106 cm³/mol. The summed E-state index contributed by atoms with van der Waals surface area (Å²) in [6.45, 7) is 7.06. The molecule has 0 atom stereocenters. The van der Waals surface area contributed by atoms with Crippen LogP contribution in [0, 0.1) is 26.6 Å². The Kier molecular flexibility index (Phi) is 7.65. The monoisotopic (exact) mass is 445 g/mol. The van der Waals surface area contributed by atoms with Gasteiger partial charge in [0.05, 0.1) is 5.69 Å². The minimum atomic E-state index is -0.182. The van der Waals surface area contributed by atoms with Crippen molar-refractivity contribution in [2.45, 2.75) is 33.9 Å². The van der Waals surface area contributed by atoms with Crippen LogP contribution in [0.2, 0.25) is 0 Å². The van der Waals surface area contributed by atoms with Gasteiger partial charge in [-0.25, -0.2) is 4.39 Å². The second kappa shape index (κ2) is 9.00. The van der Waals surface area contributed by atoms with Crippen LogP contribution in [0.25, 0.3) is 0 Å². The van der Waals surface area contributed by atoms with E-state index in [0.29, 0.717) is 24.6 Å². The molecule has 0 radical (unpaired) electrons. The number of benzene rings is 1. The van der Waals surface area contributed by atoms with E-state index in [2.05, 4.69) is 27.6 Å². The van der Waals surface area contributed by atoms with E-state index in [1.165, 1.54) is 11.6 Å². The number of aryl methyl sites for hydroxylation is 3. The lowest BCUT2D eigenvalue weighted by molar-refractivity contribution is 0.617. The van der Waals surface area contributed by atoms with Crippen LogP contribution in [-0.2, 0) is 20.1 Å². The predicted octanol–water partition coefficient (Wildman–Crippen LogP) is 2.97. The highest BCUT2D eigenvalue weighted by atomic mass is 127. The van der Waals surface area contributed by atoms with Crippen molar-refractivity contribution in [2.75, 3.05) is 7.05 Å². The van der Waals surface area contributed by atoms with Gasteiger partial charge in [0, 0.05) is 38.4 Å². The van der Waals surface area contributed by atoms with E-state index in [0.717, 1.165) is 17.0 Å². The number of guanidine groups is 1. The van der Waals surface area contributed by atoms with Crippen LogP contribution in [0.15, 0.2) is 23.2 Å². The first kappa shape index (κ1) is 20.4. The molecule has 1 aromatic carbocycles. The van der Waals surface area contributed by atoms with Gasteiger partial charge in [-0.05, 0) is 38.0 Å². The fraction of sp³-hybridized carbons (Fsp3) is 0.412. The first-order chi connectivity index (χ1) is 10.9. The topological polar surface area (TPSA) is 54.2 Å². The van der Waals surface area contributed by atoms with Gasteiger partial charge in [0.2, 0.25) is 0 Å². The summed E-state index contributed by atoms with van der Waals surface area (Å²) in [5.41, 5.74) is 4.99. The number of hydrogen-bond acceptors (Lipinski definition) is 2. The lowest BCUT2D eigenvalue weighted by atomic mass is 10.1. The van der Waals surface area contributed by atoms with E-state index in [9.17, 15) is 4.39 Å². The fourth-order valence-electron chi connectivity index (χ4n) is 2.47. The number of rotatable bonds is 4. The molecule has 2 rings (SSSR count). The van der Waals surface area contributed by atoms with Gasteiger partial charge in [-0.2, -0.15) is 5.10 Å². The standard InChI is InChI=1S/C17H24FN5.HI/c1-11-8-14(6-7-16(11)18)9-20-17(19-4)21-10-15-12(2)22-23(5)13(15)3;/h6-8H,9-10H2,1-5H3,(H2,19,20,21);1H.